The Labute approximate surface area is 152 Å². The van der Waals surface area contributed by atoms with Gasteiger partial charge in [-0.15, -0.1) is 0 Å². The Morgan fingerprint density at radius 2 is 1.92 bits per heavy atom. The molecule has 0 heterocycles. The van der Waals surface area contributed by atoms with Crippen LogP contribution in [0.1, 0.15) is 50.7 Å². The predicted molar refractivity (Wildman–Crippen MR) is 104 cm³/mol. The summed E-state index contributed by atoms with van der Waals surface area (Å²) in [4.78, 5) is 12.3. The minimum atomic E-state index is -3.53. The molecule has 0 aliphatic carbocycles. The molecule has 0 saturated carbocycles. The number of aryl methyl sites for hydroxylation is 2. The average molecular weight is 369 g/mol. The number of carbonyl (C=O) groups is 1. The molecule has 0 unspecified atom stereocenters. The molecular weight excluding hydrogens is 336 g/mol. The van der Waals surface area contributed by atoms with Gasteiger partial charge in [0.1, 0.15) is 6.54 Å². The van der Waals surface area contributed by atoms with E-state index in [-0.39, 0.29) is 12.5 Å². The van der Waals surface area contributed by atoms with Gasteiger partial charge in [0.05, 0.1) is 11.9 Å². The van der Waals surface area contributed by atoms with Crippen LogP contribution in [-0.2, 0) is 14.8 Å². The van der Waals surface area contributed by atoms with E-state index in [0.717, 1.165) is 43.1 Å². The van der Waals surface area contributed by atoms with Crippen LogP contribution in [-0.4, -0.2) is 33.7 Å². The quantitative estimate of drug-likeness (QED) is 0.688. The molecule has 0 aliphatic heterocycles. The molecule has 0 saturated heterocycles. The zero-order valence-corrected chi connectivity index (χ0v) is 16.9. The van der Waals surface area contributed by atoms with Gasteiger partial charge in [-0.25, -0.2) is 8.42 Å². The lowest BCUT2D eigenvalue weighted by molar-refractivity contribution is -0.119. The van der Waals surface area contributed by atoms with Crippen molar-refractivity contribution < 1.29 is 13.2 Å². The molecule has 1 rings (SSSR count). The molecule has 0 bridgehead atoms. The first-order valence-electron chi connectivity index (χ1n) is 9.00. The molecule has 1 atom stereocenters. The van der Waals surface area contributed by atoms with Gasteiger partial charge >= 0.3 is 0 Å². The largest absolute Gasteiger partial charge is 0.354 e. The molecule has 1 N–H and O–H groups in total. The van der Waals surface area contributed by atoms with Crippen LogP contribution in [0.4, 0.5) is 5.69 Å². The number of hydrogen-bond acceptors (Lipinski definition) is 3. The van der Waals surface area contributed by atoms with Gasteiger partial charge in [0.25, 0.3) is 0 Å². The second kappa shape index (κ2) is 9.80. The van der Waals surface area contributed by atoms with E-state index in [1.54, 1.807) is 6.07 Å². The van der Waals surface area contributed by atoms with Crippen LogP contribution in [0.5, 0.6) is 0 Å². The lowest BCUT2D eigenvalue weighted by atomic mass is 9.99. The van der Waals surface area contributed by atoms with Crippen molar-refractivity contribution in [2.75, 3.05) is 23.7 Å². The molecule has 6 heteroatoms. The first kappa shape index (κ1) is 21.5. The van der Waals surface area contributed by atoms with Crippen molar-refractivity contribution >= 4 is 21.6 Å². The summed E-state index contributed by atoms with van der Waals surface area (Å²) in [5.41, 5.74) is 2.45. The van der Waals surface area contributed by atoms with E-state index in [1.807, 2.05) is 26.0 Å². The van der Waals surface area contributed by atoms with Crippen molar-refractivity contribution in [1.82, 2.24) is 5.32 Å². The maximum atomic E-state index is 12.3. The van der Waals surface area contributed by atoms with E-state index in [0.29, 0.717) is 18.2 Å². The topological polar surface area (TPSA) is 66.5 Å². The summed E-state index contributed by atoms with van der Waals surface area (Å²) in [6.07, 6.45) is 5.51. The fourth-order valence-electron chi connectivity index (χ4n) is 2.85. The summed E-state index contributed by atoms with van der Waals surface area (Å²) < 4.78 is 25.6. The number of rotatable bonds is 10. The van der Waals surface area contributed by atoms with E-state index in [4.69, 9.17) is 0 Å². The third-order valence-corrected chi connectivity index (χ3v) is 5.57. The van der Waals surface area contributed by atoms with Gasteiger partial charge in [-0.05, 0) is 37.8 Å². The van der Waals surface area contributed by atoms with E-state index in [1.165, 1.54) is 4.31 Å². The fourth-order valence-corrected chi connectivity index (χ4v) is 3.77. The minimum absolute atomic E-state index is 0.188. The number of sulfonamides is 1. The first-order valence-corrected chi connectivity index (χ1v) is 10.9. The smallest absolute Gasteiger partial charge is 0.240 e. The maximum absolute atomic E-state index is 12.3. The number of benzene rings is 1. The molecular formula is C19H32N2O3S. The standard InChI is InChI=1S/C19H32N2O3S/c1-6-8-9-17(7-2)13-20-19(22)14-21(25(5,23)24)18-11-10-15(3)12-16(18)4/h10-12,17H,6-9,13-14H2,1-5H3,(H,20,22)/t17-/m1/s1. The van der Waals surface area contributed by atoms with Crippen molar-refractivity contribution in [3.63, 3.8) is 0 Å². The maximum Gasteiger partial charge on any atom is 0.240 e. The van der Waals surface area contributed by atoms with Gasteiger partial charge in [0.15, 0.2) is 0 Å². The van der Waals surface area contributed by atoms with Crippen LogP contribution >= 0.6 is 0 Å². The van der Waals surface area contributed by atoms with Crippen LogP contribution in [0, 0.1) is 19.8 Å². The average Bonchev–Trinajstić information content (AvgIpc) is 2.52. The molecule has 0 spiro atoms. The molecule has 0 fully saturated rings. The SMILES string of the molecule is CCCC[C@@H](CC)CNC(=O)CN(c1ccc(C)cc1C)S(C)(=O)=O. The molecule has 1 aromatic carbocycles. The van der Waals surface area contributed by atoms with Crippen LogP contribution in [0.25, 0.3) is 0 Å². The van der Waals surface area contributed by atoms with Crippen molar-refractivity contribution in [1.29, 1.82) is 0 Å². The van der Waals surface area contributed by atoms with E-state index in [2.05, 4.69) is 19.2 Å². The highest BCUT2D eigenvalue weighted by atomic mass is 32.2. The zero-order valence-electron chi connectivity index (χ0n) is 16.1. The highest BCUT2D eigenvalue weighted by Gasteiger charge is 2.22. The summed E-state index contributed by atoms with van der Waals surface area (Å²) in [7, 11) is -3.53. The number of carbonyl (C=O) groups excluding carboxylic acids is 1. The second-order valence-electron chi connectivity index (χ2n) is 6.78. The number of anilines is 1. The van der Waals surface area contributed by atoms with Gasteiger partial charge in [-0.1, -0.05) is 50.8 Å². The Morgan fingerprint density at radius 1 is 1.24 bits per heavy atom. The van der Waals surface area contributed by atoms with Crippen LogP contribution in [0.15, 0.2) is 18.2 Å². The number of nitrogens with zero attached hydrogens (tertiary/aromatic N) is 1. The Balaban J connectivity index is 2.81. The highest BCUT2D eigenvalue weighted by molar-refractivity contribution is 7.92. The Hall–Kier alpha value is -1.56. The highest BCUT2D eigenvalue weighted by Crippen LogP contribution is 2.23. The third-order valence-electron chi connectivity index (χ3n) is 4.44. The van der Waals surface area contributed by atoms with E-state index < -0.39 is 10.0 Å². The van der Waals surface area contributed by atoms with Crippen LogP contribution < -0.4 is 9.62 Å². The van der Waals surface area contributed by atoms with Crippen LogP contribution in [0.2, 0.25) is 0 Å². The number of nitrogens with one attached hydrogen (secondary N) is 1. The molecule has 25 heavy (non-hydrogen) atoms. The third kappa shape index (κ3) is 7.06. The summed E-state index contributed by atoms with van der Waals surface area (Å²) in [5.74, 6) is 0.178. The minimum Gasteiger partial charge on any atom is -0.354 e. The van der Waals surface area contributed by atoms with Gasteiger partial charge < -0.3 is 5.32 Å². The number of amides is 1. The number of unbranched alkanes of at least 4 members (excludes halogenated alkanes) is 1. The summed E-state index contributed by atoms with van der Waals surface area (Å²) in [6, 6.07) is 5.54. The first-order chi connectivity index (χ1) is 11.7. The molecule has 1 aromatic rings. The lowest BCUT2D eigenvalue weighted by Crippen LogP contribution is -2.42. The normalized spacial score (nSPS) is 12.7. The monoisotopic (exact) mass is 368 g/mol. The van der Waals surface area contributed by atoms with Gasteiger partial charge in [0.2, 0.25) is 15.9 Å². The summed E-state index contributed by atoms with van der Waals surface area (Å²) in [6.45, 7) is 8.49. The Kier molecular flexibility index (Phi) is 8.42. The Bertz CT molecular complexity index is 671. The van der Waals surface area contributed by atoms with Crippen LogP contribution in [0.3, 0.4) is 0 Å². The van der Waals surface area contributed by atoms with Crippen molar-refractivity contribution in [3.05, 3.63) is 29.3 Å². The second-order valence-corrected chi connectivity index (χ2v) is 8.69. The van der Waals surface area contributed by atoms with Crippen molar-refractivity contribution in [2.45, 2.75) is 53.4 Å². The molecule has 0 aromatic heterocycles. The number of hydrogen-bond donors (Lipinski definition) is 1. The van der Waals surface area contributed by atoms with Crippen molar-refractivity contribution in [2.24, 2.45) is 5.92 Å². The van der Waals surface area contributed by atoms with Crippen molar-refractivity contribution in [3.8, 4) is 0 Å². The molecule has 1 amide bonds. The molecule has 5 nitrogen and oxygen atoms in total. The fraction of sp³-hybridized carbons (Fsp3) is 0.632. The van der Waals surface area contributed by atoms with Gasteiger partial charge in [0, 0.05) is 6.54 Å². The summed E-state index contributed by atoms with van der Waals surface area (Å²) >= 11 is 0. The summed E-state index contributed by atoms with van der Waals surface area (Å²) in [5, 5.41) is 2.90. The van der Waals surface area contributed by atoms with E-state index >= 15 is 0 Å². The molecule has 142 valence electrons. The zero-order chi connectivity index (χ0) is 19.0. The van der Waals surface area contributed by atoms with Gasteiger partial charge in [-0.2, -0.15) is 0 Å². The van der Waals surface area contributed by atoms with E-state index in [9.17, 15) is 13.2 Å². The lowest BCUT2D eigenvalue weighted by Gasteiger charge is -2.24. The Morgan fingerprint density at radius 3 is 2.44 bits per heavy atom. The predicted octanol–water partition coefficient (Wildman–Crippen LogP) is 3.40. The molecule has 0 aliphatic rings. The molecule has 0 radical (unpaired) electrons. The van der Waals surface area contributed by atoms with Gasteiger partial charge in [-0.3, -0.25) is 9.10 Å².